The van der Waals surface area contributed by atoms with Gasteiger partial charge in [-0.15, -0.1) is 0 Å². The SMILES string of the molecule is CC(C)(C)OC(=O)N1CC2CC1CN2c1ccc(F)cc1. The molecule has 2 heterocycles. The zero-order valence-electron chi connectivity index (χ0n) is 12.7. The summed E-state index contributed by atoms with van der Waals surface area (Å²) in [7, 11) is 0. The number of rotatable bonds is 1. The van der Waals surface area contributed by atoms with Crippen LogP contribution in [-0.2, 0) is 4.74 Å². The van der Waals surface area contributed by atoms with Crippen LogP contribution in [0.1, 0.15) is 27.2 Å². The predicted octanol–water partition coefficient (Wildman–Crippen LogP) is 3.02. The summed E-state index contributed by atoms with van der Waals surface area (Å²) in [6.07, 6.45) is 0.727. The summed E-state index contributed by atoms with van der Waals surface area (Å²) in [4.78, 5) is 16.3. The van der Waals surface area contributed by atoms with Gasteiger partial charge in [-0.3, -0.25) is 0 Å². The lowest BCUT2D eigenvalue weighted by atomic mass is 10.2. The summed E-state index contributed by atoms with van der Waals surface area (Å²) < 4.78 is 18.4. The van der Waals surface area contributed by atoms with Gasteiger partial charge in [-0.25, -0.2) is 9.18 Å². The summed E-state index contributed by atoms with van der Waals surface area (Å²) >= 11 is 0. The zero-order valence-corrected chi connectivity index (χ0v) is 12.7. The number of piperazine rings is 1. The van der Waals surface area contributed by atoms with Crippen LogP contribution in [0.3, 0.4) is 0 Å². The van der Waals surface area contributed by atoms with Gasteiger partial charge in [0.2, 0.25) is 0 Å². The van der Waals surface area contributed by atoms with E-state index >= 15 is 0 Å². The monoisotopic (exact) mass is 292 g/mol. The van der Waals surface area contributed by atoms with Crippen molar-refractivity contribution in [3.05, 3.63) is 30.1 Å². The Labute approximate surface area is 124 Å². The summed E-state index contributed by atoms with van der Waals surface area (Å²) in [5.41, 5.74) is 0.558. The fourth-order valence-electron chi connectivity index (χ4n) is 3.16. The van der Waals surface area contributed by atoms with Gasteiger partial charge in [-0.1, -0.05) is 0 Å². The molecule has 21 heavy (non-hydrogen) atoms. The second-order valence-corrected chi connectivity index (χ2v) is 6.80. The topological polar surface area (TPSA) is 32.8 Å². The number of carbonyl (C=O) groups is 1. The first-order valence-corrected chi connectivity index (χ1v) is 7.35. The number of fused-ring (bicyclic) bond motifs is 2. The standard InChI is InChI=1S/C16H21FN2O2/c1-16(2,3)21-15(20)19-10-13-8-14(19)9-18(13)12-6-4-11(17)5-7-12/h4-7,13-14H,8-10H2,1-3H3. The van der Waals surface area contributed by atoms with Crippen molar-refractivity contribution in [1.29, 1.82) is 0 Å². The lowest BCUT2D eigenvalue weighted by Crippen LogP contribution is -2.50. The van der Waals surface area contributed by atoms with Crippen LogP contribution in [0.15, 0.2) is 24.3 Å². The number of likely N-dealkylation sites (tertiary alicyclic amines) is 1. The lowest BCUT2D eigenvalue weighted by molar-refractivity contribution is 0.0215. The molecule has 0 N–H and O–H groups in total. The molecule has 3 rings (SSSR count). The van der Waals surface area contributed by atoms with Crippen molar-refractivity contribution in [3.63, 3.8) is 0 Å². The molecule has 2 saturated heterocycles. The Balaban J connectivity index is 1.66. The molecule has 2 unspecified atom stereocenters. The van der Waals surface area contributed by atoms with E-state index in [1.165, 1.54) is 12.1 Å². The van der Waals surface area contributed by atoms with Gasteiger partial charge in [0.15, 0.2) is 0 Å². The molecule has 5 heteroatoms. The first-order valence-electron chi connectivity index (χ1n) is 7.35. The molecule has 0 saturated carbocycles. The highest BCUT2D eigenvalue weighted by Gasteiger charge is 2.46. The predicted molar refractivity (Wildman–Crippen MR) is 78.9 cm³/mol. The Morgan fingerprint density at radius 2 is 1.86 bits per heavy atom. The van der Waals surface area contributed by atoms with Gasteiger partial charge >= 0.3 is 6.09 Å². The van der Waals surface area contributed by atoms with Crippen LogP contribution < -0.4 is 4.90 Å². The maximum absolute atomic E-state index is 13.0. The van der Waals surface area contributed by atoms with E-state index in [0.29, 0.717) is 12.6 Å². The minimum Gasteiger partial charge on any atom is -0.444 e. The Morgan fingerprint density at radius 3 is 2.38 bits per heavy atom. The van der Waals surface area contributed by atoms with Crippen LogP contribution in [0.4, 0.5) is 14.9 Å². The summed E-state index contributed by atoms with van der Waals surface area (Å²) in [6, 6.07) is 7.05. The van der Waals surface area contributed by atoms with E-state index < -0.39 is 5.60 Å². The summed E-state index contributed by atoms with van der Waals surface area (Å²) in [5, 5.41) is 0. The van der Waals surface area contributed by atoms with Crippen molar-refractivity contribution in [2.24, 2.45) is 0 Å². The van der Waals surface area contributed by atoms with Gasteiger partial charge in [0.05, 0.1) is 6.04 Å². The van der Waals surface area contributed by atoms with Crippen molar-refractivity contribution in [1.82, 2.24) is 4.90 Å². The third kappa shape index (κ3) is 2.82. The van der Waals surface area contributed by atoms with Crippen LogP contribution in [0.5, 0.6) is 0 Å². The minimum atomic E-state index is -0.463. The van der Waals surface area contributed by atoms with Crippen LogP contribution in [0, 0.1) is 5.82 Å². The van der Waals surface area contributed by atoms with Crippen molar-refractivity contribution < 1.29 is 13.9 Å². The highest BCUT2D eigenvalue weighted by Crippen LogP contribution is 2.35. The normalized spacial score (nSPS) is 24.6. The smallest absolute Gasteiger partial charge is 0.410 e. The molecule has 2 aliphatic rings. The molecule has 2 aliphatic heterocycles. The molecule has 2 fully saturated rings. The largest absolute Gasteiger partial charge is 0.444 e. The molecular formula is C16H21FN2O2. The number of benzene rings is 1. The number of hydrogen-bond donors (Lipinski definition) is 0. The Kier molecular flexibility index (Phi) is 3.30. The molecule has 2 bridgehead atoms. The highest BCUT2D eigenvalue weighted by atomic mass is 19.1. The van der Waals surface area contributed by atoms with Crippen molar-refractivity contribution in [3.8, 4) is 0 Å². The fraction of sp³-hybridized carbons (Fsp3) is 0.562. The first-order chi connectivity index (χ1) is 9.83. The zero-order chi connectivity index (χ0) is 15.2. The average molecular weight is 292 g/mol. The van der Waals surface area contributed by atoms with Gasteiger partial charge in [0.25, 0.3) is 0 Å². The molecule has 1 amide bonds. The summed E-state index contributed by atoms with van der Waals surface area (Å²) in [6.45, 7) is 7.10. The number of carbonyl (C=O) groups excluding carboxylic acids is 1. The van der Waals surface area contributed by atoms with Crippen molar-refractivity contribution >= 4 is 11.8 Å². The molecular weight excluding hydrogens is 271 g/mol. The Hall–Kier alpha value is -1.78. The molecule has 4 nitrogen and oxygen atoms in total. The molecule has 0 aromatic heterocycles. The van der Waals surface area contributed by atoms with Crippen LogP contribution in [0.2, 0.25) is 0 Å². The maximum Gasteiger partial charge on any atom is 0.410 e. The molecule has 0 aliphatic carbocycles. The molecule has 1 aromatic carbocycles. The molecule has 0 radical (unpaired) electrons. The van der Waals surface area contributed by atoms with E-state index in [9.17, 15) is 9.18 Å². The number of hydrogen-bond acceptors (Lipinski definition) is 3. The molecule has 0 spiro atoms. The van der Waals surface area contributed by atoms with Gasteiger partial charge < -0.3 is 14.5 Å². The maximum atomic E-state index is 13.0. The van der Waals surface area contributed by atoms with Crippen molar-refractivity contribution in [2.75, 3.05) is 18.0 Å². The van der Waals surface area contributed by atoms with Gasteiger partial charge in [-0.05, 0) is 51.5 Å². The number of ether oxygens (including phenoxy) is 1. The second-order valence-electron chi connectivity index (χ2n) is 6.80. The lowest BCUT2D eigenvalue weighted by Gasteiger charge is -2.36. The fourth-order valence-corrected chi connectivity index (χ4v) is 3.16. The average Bonchev–Trinajstić information content (AvgIpc) is 2.97. The molecule has 114 valence electrons. The van der Waals surface area contributed by atoms with Crippen LogP contribution in [0.25, 0.3) is 0 Å². The van der Waals surface area contributed by atoms with E-state index in [-0.39, 0.29) is 18.0 Å². The van der Waals surface area contributed by atoms with Crippen LogP contribution >= 0.6 is 0 Å². The van der Waals surface area contributed by atoms with Gasteiger partial charge in [0, 0.05) is 24.8 Å². The third-order valence-corrected chi connectivity index (χ3v) is 4.03. The summed E-state index contributed by atoms with van der Waals surface area (Å²) in [5.74, 6) is -0.224. The van der Waals surface area contributed by atoms with E-state index in [4.69, 9.17) is 4.74 Å². The van der Waals surface area contributed by atoms with Crippen molar-refractivity contribution in [2.45, 2.75) is 44.9 Å². The van der Waals surface area contributed by atoms with E-state index in [1.807, 2.05) is 25.7 Å². The highest BCUT2D eigenvalue weighted by molar-refractivity contribution is 5.70. The molecule has 1 aromatic rings. The number of nitrogens with zero attached hydrogens (tertiary/aromatic N) is 2. The van der Waals surface area contributed by atoms with Crippen LogP contribution in [-0.4, -0.2) is 41.8 Å². The number of halogens is 1. The van der Waals surface area contributed by atoms with E-state index in [2.05, 4.69) is 4.90 Å². The quantitative estimate of drug-likeness (QED) is 0.797. The number of amides is 1. The number of anilines is 1. The van der Waals surface area contributed by atoms with E-state index in [1.54, 1.807) is 12.1 Å². The Bertz CT molecular complexity index is 538. The Morgan fingerprint density at radius 1 is 1.19 bits per heavy atom. The van der Waals surface area contributed by atoms with Gasteiger partial charge in [0.1, 0.15) is 11.4 Å². The van der Waals surface area contributed by atoms with Gasteiger partial charge in [-0.2, -0.15) is 0 Å². The van der Waals surface area contributed by atoms with E-state index in [0.717, 1.165) is 18.7 Å². The third-order valence-electron chi connectivity index (χ3n) is 4.03. The minimum absolute atomic E-state index is 0.190. The first kappa shape index (κ1) is 14.2. The second kappa shape index (κ2) is 4.90. The molecule has 2 atom stereocenters.